The quantitative estimate of drug-likeness (QED) is 0.689. The van der Waals surface area contributed by atoms with Gasteiger partial charge in [-0.05, 0) is 18.2 Å². The van der Waals surface area contributed by atoms with Gasteiger partial charge in [-0.3, -0.25) is 0 Å². The third-order valence-corrected chi connectivity index (χ3v) is 3.14. The highest BCUT2D eigenvalue weighted by atomic mass is 35.5. The molecular formula is C10H9Cl2NO. The molecule has 2 aliphatic rings. The number of anilines is 1. The lowest BCUT2D eigenvalue weighted by Crippen LogP contribution is -2.23. The monoisotopic (exact) mass is 229 g/mol. The maximum Gasteiger partial charge on any atom is 0.103 e. The van der Waals surface area contributed by atoms with Gasteiger partial charge in [-0.1, -0.05) is 23.2 Å². The molecule has 3 rings (SSSR count). The first-order valence-corrected chi connectivity index (χ1v) is 5.34. The van der Waals surface area contributed by atoms with Gasteiger partial charge in [0, 0.05) is 28.8 Å². The van der Waals surface area contributed by atoms with Crippen LogP contribution in [0.4, 0.5) is 5.69 Å². The summed E-state index contributed by atoms with van der Waals surface area (Å²) < 4.78 is 5.36. The maximum absolute atomic E-state index is 5.93. The number of halogens is 2. The average Bonchev–Trinajstić information content (AvgIpc) is 2.72. The highest BCUT2D eigenvalue weighted by Gasteiger charge is 2.47. The summed E-state index contributed by atoms with van der Waals surface area (Å²) in [5.74, 6) is 0. The Morgan fingerprint density at radius 2 is 1.64 bits per heavy atom. The lowest BCUT2D eigenvalue weighted by atomic mass is 10.3. The van der Waals surface area contributed by atoms with Gasteiger partial charge in [-0.25, -0.2) is 0 Å². The first-order valence-electron chi connectivity index (χ1n) is 4.59. The molecule has 2 fully saturated rings. The van der Waals surface area contributed by atoms with Crippen molar-refractivity contribution in [2.45, 2.75) is 12.2 Å². The molecule has 2 unspecified atom stereocenters. The van der Waals surface area contributed by atoms with Gasteiger partial charge in [-0.2, -0.15) is 0 Å². The Bertz CT molecular complexity index is 352. The maximum atomic E-state index is 5.93. The molecule has 1 aromatic carbocycles. The Kier molecular flexibility index (Phi) is 1.91. The van der Waals surface area contributed by atoms with Crippen LogP contribution in [0.3, 0.4) is 0 Å². The number of fused-ring (bicyclic) bond motifs is 1. The summed E-state index contributed by atoms with van der Waals surface area (Å²) in [5, 5.41) is 1.38. The molecule has 1 aromatic rings. The van der Waals surface area contributed by atoms with Crippen molar-refractivity contribution in [1.82, 2.24) is 0 Å². The number of hydrogen-bond donors (Lipinski definition) is 0. The summed E-state index contributed by atoms with van der Waals surface area (Å²) in [4.78, 5) is 2.26. The first kappa shape index (κ1) is 8.84. The van der Waals surface area contributed by atoms with E-state index in [0.717, 1.165) is 18.8 Å². The number of nitrogens with zero attached hydrogens (tertiary/aromatic N) is 1. The highest BCUT2D eigenvalue weighted by molar-refractivity contribution is 6.35. The molecule has 0 bridgehead atoms. The van der Waals surface area contributed by atoms with Gasteiger partial charge in [0.25, 0.3) is 0 Å². The number of epoxide rings is 1. The van der Waals surface area contributed by atoms with E-state index in [1.54, 1.807) is 6.07 Å². The van der Waals surface area contributed by atoms with Crippen molar-refractivity contribution in [3.63, 3.8) is 0 Å². The topological polar surface area (TPSA) is 15.8 Å². The summed E-state index contributed by atoms with van der Waals surface area (Å²) in [6.45, 7) is 1.92. The third-order valence-electron chi connectivity index (χ3n) is 2.70. The van der Waals surface area contributed by atoms with E-state index in [2.05, 4.69) is 4.90 Å². The van der Waals surface area contributed by atoms with Gasteiger partial charge in [0.1, 0.15) is 12.2 Å². The van der Waals surface area contributed by atoms with Gasteiger partial charge in [-0.15, -0.1) is 0 Å². The molecule has 2 atom stereocenters. The van der Waals surface area contributed by atoms with Gasteiger partial charge in [0.2, 0.25) is 0 Å². The largest absolute Gasteiger partial charge is 0.366 e. The Hall–Kier alpha value is -0.440. The van der Waals surface area contributed by atoms with Crippen LogP contribution in [0, 0.1) is 0 Å². The van der Waals surface area contributed by atoms with E-state index >= 15 is 0 Å². The van der Waals surface area contributed by atoms with Crippen molar-refractivity contribution >= 4 is 28.9 Å². The zero-order valence-electron chi connectivity index (χ0n) is 7.41. The van der Waals surface area contributed by atoms with Crippen LogP contribution in [0.2, 0.25) is 10.0 Å². The van der Waals surface area contributed by atoms with E-state index in [4.69, 9.17) is 27.9 Å². The Morgan fingerprint density at radius 3 is 2.21 bits per heavy atom. The number of rotatable bonds is 1. The molecule has 2 heterocycles. The van der Waals surface area contributed by atoms with Crippen LogP contribution in [0.5, 0.6) is 0 Å². The second-order valence-corrected chi connectivity index (χ2v) is 4.62. The molecule has 0 spiro atoms. The van der Waals surface area contributed by atoms with Gasteiger partial charge < -0.3 is 9.64 Å². The zero-order chi connectivity index (χ0) is 9.71. The molecule has 4 heteroatoms. The Balaban J connectivity index is 1.88. The molecule has 0 amide bonds. The third kappa shape index (κ3) is 1.48. The second-order valence-electron chi connectivity index (χ2n) is 3.75. The minimum Gasteiger partial charge on any atom is -0.366 e. The summed E-state index contributed by atoms with van der Waals surface area (Å²) in [6.07, 6.45) is 0.875. The van der Waals surface area contributed by atoms with Crippen molar-refractivity contribution in [2.75, 3.05) is 18.0 Å². The fraction of sp³-hybridized carbons (Fsp3) is 0.400. The molecule has 0 aliphatic carbocycles. The van der Waals surface area contributed by atoms with Crippen molar-refractivity contribution in [1.29, 1.82) is 0 Å². The van der Waals surface area contributed by atoms with E-state index < -0.39 is 0 Å². The molecule has 0 N–H and O–H groups in total. The van der Waals surface area contributed by atoms with Crippen LogP contribution in [-0.4, -0.2) is 25.3 Å². The van der Waals surface area contributed by atoms with E-state index in [1.165, 1.54) is 0 Å². The summed E-state index contributed by atoms with van der Waals surface area (Å²) in [6, 6.07) is 5.64. The fourth-order valence-electron chi connectivity index (χ4n) is 1.94. The lowest BCUT2D eigenvalue weighted by Gasteiger charge is -2.20. The van der Waals surface area contributed by atoms with Crippen LogP contribution in [0.15, 0.2) is 18.2 Å². The molecule has 2 nitrogen and oxygen atoms in total. The minimum atomic E-state index is 0.438. The van der Waals surface area contributed by atoms with E-state index in [9.17, 15) is 0 Å². The summed E-state index contributed by atoms with van der Waals surface area (Å²) in [7, 11) is 0. The van der Waals surface area contributed by atoms with E-state index in [1.807, 2.05) is 12.1 Å². The fourth-order valence-corrected chi connectivity index (χ4v) is 2.46. The molecule has 74 valence electrons. The highest BCUT2D eigenvalue weighted by Crippen LogP contribution is 2.35. The zero-order valence-corrected chi connectivity index (χ0v) is 8.92. The molecule has 0 radical (unpaired) electrons. The predicted octanol–water partition coefficient (Wildman–Crippen LogP) is 2.58. The first-order chi connectivity index (χ1) is 6.72. The van der Waals surface area contributed by atoms with E-state index in [-0.39, 0.29) is 0 Å². The molecule has 2 saturated heterocycles. The van der Waals surface area contributed by atoms with Crippen molar-refractivity contribution in [3.8, 4) is 0 Å². The molecule has 2 aliphatic heterocycles. The van der Waals surface area contributed by atoms with Crippen LogP contribution in [0.1, 0.15) is 0 Å². The Morgan fingerprint density at radius 1 is 1.07 bits per heavy atom. The van der Waals surface area contributed by atoms with Gasteiger partial charge >= 0.3 is 0 Å². The second kappa shape index (κ2) is 3.02. The standard InChI is InChI=1S/C10H9Cl2NO/c11-6-1-7(12)3-8(2-6)13-4-9-10(5-13)14-9/h1-3,9-10H,4-5H2. The lowest BCUT2D eigenvalue weighted by molar-refractivity contribution is 0.347. The van der Waals surface area contributed by atoms with Gasteiger partial charge in [0.05, 0.1) is 0 Å². The summed E-state index contributed by atoms with van der Waals surface area (Å²) >= 11 is 11.9. The van der Waals surface area contributed by atoms with Crippen molar-refractivity contribution in [2.24, 2.45) is 0 Å². The molecule has 14 heavy (non-hydrogen) atoms. The smallest absolute Gasteiger partial charge is 0.103 e. The molecule has 0 saturated carbocycles. The van der Waals surface area contributed by atoms with Crippen molar-refractivity contribution in [3.05, 3.63) is 28.2 Å². The number of morpholine rings is 1. The van der Waals surface area contributed by atoms with Crippen LogP contribution >= 0.6 is 23.2 Å². The number of benzene rings is 1. The van der Waals surface area contributed by atoms with Crippen LogP contribution in [-0.2, 0) is 4.74 Å². The molecule has 0 aromatic heterocycles. The van der Waals surface area contributed by atoms with Gasteiger partial charge in [0.15, 0.2) is 0 Å². The van der Waals surface area contributed by atoms with Crippen molar-refractivity contribution < 1.29 is 4.74 Å². The van der Waals surface area contributed by atoms with Crippen LogP contribution < -0.4 is 4.90 Å². The van der Waals surface area contributed by atoms with E-state index in [0.29, 0.717) is 22.3 Å². The average molecular weight is 230 g/mol. The predicted molar refractivity (Wildman–Crippen MR) is 57.3 cm³/mol. The SMILES string of the molecule is Clc1cc(Cl)cc(N2CC3OC3C2)c1. The normalized spacial score (nSPS) is 29.1. The number of ether oxygens (including phenoxy) is 1. The van der Waals surface area contributed by atoms with Crippen LogP contribution in [0.25, 0.3) is 0 Å². The number of hydrogen-bond acceptors (Lipinski definition) is 2. The Labute approximate surface area is 92.4 Å². The molecular weight excluding hydrogens is 221 g/mol. The summed E-state index contributed by atoms with van der Waals surface area (Å²) in [5.41, 5.74) is 1.10. The minimum absolute atomic E-state index is 0.438.